The van der Waals surface area contributed by atoms with Crippen LogP contribution in [-0.2, 0) is 4.43 Å². The Morgan fingerprint density at radius 3 is 2.12 bits per heavy atom. The van der Waals surface area contributed by atoms with Gasteiger partial charge in [-0.25, -0.2) is 0 Å². The fourth-order valence-corrected chi connectivity index (χ4v) is 5.10. The first-order chi connectivity index (χ1) is 12.1. The van der Waals surface area contributed by atoms with E-state index in [4.69, 9.17) is 4.43 Å². The molecule has 0 aliphatic carbocycles. The van der Waals surface area contributed by atoms with E-state index in [1.165, 1.54) is 45.3 Å². The maximum atomic E-state index is 9.34. The predicted octanol–water partition coefficient (Wildman–Crippen LogP) is 2.54. The molecule has 0 atom stereocenters. The number of piperidine rings is 1. The average molecular weight is 387 g/mol. The van der Waals surface area contributed by atoms with Crippen LogP contribution in [0.2, 0.25) is 18.1 Å². The lowest BCUT2D eigenvalue weighted by Crippen LogP contribution is -2.61. The summed E-state index contributed by atoms with van der Waals surface area (Å²) in [5.74, 6) is 0. The number of hydrogen-bond acceptors (Lipinski definition) is 5. The Hall–Kier alpha value is 0.0169. The smallest absolute Gasteiger partial charge is 0.191 e. The van der Waals surface area contributed by atoms with Crippen LogP contribution in [-0.4, -0.2) is 86.9 Å². The predicted molar refractivity (Wildman–Crippen MR) is 110 cm³/mol. The summed E-state index contributed by atoms with van der Waals surface area (Å²) < 4.78 is 6.27. The number of likely N-dealkylation sites (tertiary alicyclic amines) is 2. The number of nitrogens with zero attached hydrogens (tertiary/aromatic N) is 2. The minimum absolute atomic E-state index is 0.0621. The monoisotopic (exact) mass is 386 g/mol. The molecule has 26 heavy (non-hydrogen) atoms. The summed E-state index contributed by atoms with van der Waals surface area (Å²) in [4.78, 5) is 4.85. The van der Waals surface area contributed by atoms with E-state index < -0.39 is 8.32 Å². The summed E-state index contributed by atoms with van der Waals surface area (Å²) >= 11 is 0. The Bertz CT molecular complexity index is 419. The molecule has 0 aromatic rings. The normalized spacial score (nSPS) is 22.2. The zero-order chi connectivity index (χ0) is 19.4. The summed E-state index contributed by atoms with van der Waals surface area (Å²) in [7, 11) is -1.58. The second-order valence-corrected chi connectivity index (χ2v) is 14.9. The lowest BCUT2D eigenvalue weighted by molar-refractivity contribution is -0.0628. The van der Waals surface area contributed by atoms with E-state index in [0.717, 1.165) is 19.7 Å². The standard InChI is InChI=1S/C20H42N2O3Si/c1-19(2,3)26(4,5)25-13-7-6-10-21-16-20(17-21)8-11-22(12-9-20)18(14-23)15-24/h18,23-24H,6-17H2,1-5H3. The molecule has 2 aliphatic rings. The van der Waals surface area contributed by atoms with Crippen molar-refractivity contribution in [1.29, 1.82) is 0 Å². The highest BCUT2D eigenvalue weighted by molar-refractivity contribution is 6.74. The van der Waals surface area contributed by atoms with Gasteiger partial charge in [0, 0.05) is 19.7 Å². The molecule has 0 saturated carbocycles. The highest BCUT2D eigenvalue weighted by atomic mass is 28.4. The zero-order valence-corrected chi connectivity index (χ0v) is 18.8. The van der Waals surface area contributed by atoms with Gasteiger partial charge in [-0.1, -0.05) is 20.8 Å². The van der Waals surface area contributed by atoms with Gasteiger partial charge in [0.1, 0.15) is 0 Å². The van der Waals surface area contributed by atoms with Crippen molar-refractivity contribution in [2.75, 3.05) is 52.5 Å². The fraction of sp³-hybridized carbons (Fsp3) is 1.00. The molecule has 0 amide bonds. The van der Waals surface area contributed by atoms with Crippen LogP contribution in [0.25, 0.3) is 0 Å². The van der Waals surface area contributed by atoms with Crippen LogP contribution in [0, 0.1) is 5.41 Å². The Labute approximate surface area is 161 Å². The molecule has 0 aromatic heterocycles. The second-order valence-electron chi connectivity index (χ2n) is 10.1. The van der Waals surface area contributed by atoms with Gasteiger partial charge in [-0.15, -0.1) is 0 Å². The van der Waals surface area contributed by atoms with E-state index in [9.17, 15) is 10.2 Å². The molecule has 2 fully saturated rings. The molecular weight excluding hydrogens is 344 g/mol. The topological polar surface area (TPSA) is 56.2 Å². The third-order valence-electron chi connectivity index (χ3n) is 7.05. The molecule has 0 unspecified atom stereocenters. The van der Waals surface area contributed by atoms with Crippen molar-refractivity contribution in [2.45, 2.75) is 70.6 Å². The molecule has 2 rings (SSSR count). The Kier molecular flexibility index (Phi) is 7.73. The van der Waals surface area contributed by atoms with Crippen LogP contribution >= 0.6 is 0 Å². The minimum Gasteiger partial charge on any atom is -0.417 e. The van der Waals surface area contributed by atoms with E-state index in [0.29, 0.717) is 10.5 Å². The molecule has 2 N–H and O–H groups in total. The number of unbranched alkanes of at least 4 members (excludes halogenated alkanes) is 1. The van der Waals surface area contributed by atoms with Crippen LogP contribution < -0.4 is 0 Å². The number of aliphatic hydroxyl groups excluding tert-OH is 2. The lowest BCUT2D eigenvalue weighted by atomic mass is 9.71. The van der Waals surface area contributed by atoms with Crippen molar-refractivity contribution >= 4 is 8.32 Å². The van der Waals surface area contributed by atoms with Crippen LogP contribution in [0.5, 0.6) is 0 Å². The van der Waals surface area contributed by atoms with Crippen molar-refractivity contribution in [3.8, 4) is 0 Å². The van der Waals surface area contributed by atoms with Crippen molar-refractivity contribution in [2.24, 2.45) is 5.41 Å². The molecule has 2 saturated heterocycles. The fourth-order valence-electron chi connectivity index (χ4n) is 4.01. The first-order valence-corrected chi connectivity index (χ1v) is 13.4. The van der Waals surface area contributed by atoms with Gasteiger partial charge in [-0.3, -0.25) is 4.90 Å². The Balaban J connectivity index is 1.57. The van der Waals surface area contributed by atoms with E-state index >= 15 is 0 Å². The quantitative estimate of drug-likeness (QED) is 0.471. The van der Waals surface area contributed by atoms with Gasteiger partial charge in [-0.2, -0.15) is 0 Å². The van der Waals surface area contributed by atoms with Crippen LogP contribution in [0.1, 0.15) is 46.5 Å². The van der Waals surface area contributed by atoms with Crippen LogP contribution in [0.4, 0.5) is 0 Å². The van der Waals surface area contributed by atoms with Gasteiger partial charge >= 0.3 is 0 Å². The first kappa shape index (κ1) is 22.3. The van der Waals surface area contributed by atoms with E-state index in [2.05, 4.69) is 43.7 Å². The van der Waals surface area contributed by atoms with Gasteiger partial charge in [0.05, 0.1) is 19.3 Å². The molecule has 0 aromatic carbocycles. The molecule has 5 nitrogen and oxygen atoms in total. The van der Waals surface area contributed by atoms with Crippen molar-refractivity contribution in [3.05, 3.63) is 0 Å². The summed E-state index contributed by atoms with van der Waals surface area (Å²) in [6, 6.07) is -0.0653. The molecule has 2 heterocycles. The highest BCUT2D eigenvalue weighted by Crippen LogP contribution is 2.41. The highest BCUT2D eigenvalue weighted by Gasteiger charge is 2.45. The van der Waals surface area contributed by atoms with Crippen molar-refractivity contribution in [1.82, 2.24) is 9.80 Å². The largest absolute Gasteiger partial charge is 0.417 e. The third kappa shape index (κ3) is 5.52. The molecule has 0 bridgehead atoms. The summed E-state index contributed by atoms with van der Waals surface area (Å²) in [6.07, 6.45) is 4.80. The summed E-state index contributed by atoms with van der Waals surface area (Å²) in [5.41, 5.74) is 0.504. The van der Waals surface area contributed by atoms with Gasteiger partial charge < -0.3 is 19.5 Å². The minimum atomic E-state index is -1.58. The maximum absolute atomic E-state index is 9.34. The van der Waals surface area contributed by atoms with E-state index in [1.807, 2.05) is 0 Å². The van der Waals surface area contributed by atoms with E-state index in [1.54, 1.807) is 0 Å². The van der Waals surface area contributed by atoms with Gasteiger partial charge in [0.15, 0.2) is 8.32 Å². The second kappa shape index (κ2) is 9.01. The van der Waals surface area contributed by atoms with Gasteiger partial charge in [0.25, 0.3) is 0 Å². The Morgan fingerprint density at radius 1 is 1.04 bits per heavy atom. The van der Waals surface area contributed by atoms with Gasteiger partial charge in [-0.05, 0) is 68.9 Å². The first-order valence-electron chi connectivity index (χ1n) is 10.4. The summed E-state index contributed by atoms with van der Waals surface area (Å²) in [6.45, 7) is 18.3. The van der Waals surface area contributed by atoms with Crippen LogP contribution in [0.3, 0.4) is 0 Å². The SMILES string of the molecule is CC(C)(C)[Si](C)(C)OCCCCN1CC2(CCN(C(CO)CO)CC2)C1. The molecular formula is C20H42N2O3Si. The van der Waals surface area contributed by atoms with E-state index in [-0.39, 0.29) is 19.3 Å². The number of aliphatic hydroxyl groups is 2. The lowest BCUT2D eigenvalue weighted by Gasteiger charge is -2.55. The number of rotatable bonds is 9. The third-order valence-corrected chi connectivity index (χ3v) is 11.6. The van der Waals surface area contributed by atoms with Gasteiger partial charge in [0.2, 0.25) is 0 Å². The molecule has 1 spiro atoms. The van der Waals surface area contributed by atoms with Crippen molar-refractivity contribution in [3.63, 3.8) is 0 Å². The van der Waals surface area contributed by atoms with Crippen LogP contribution in [0.15, 0.2) is 0 Å². The molecule has 6 heteroatoms. The average Bonchev–Trinajstić information content (AvgIpc) is 2.54. The number of hydrogen-bond donors (Lipinski definition) is 2. The molecule has 154 valence electrons. The zero-order valence-electron chi connectivity index (χ0n) is 17.8. The molecule has 2 aliphatic heterocycles. The Morgan fingerprint density at radius 2 is 1.62 bits per heavy atom. The van der Waals surface area contributed by atoms with Crippen molar-refractivity contribution < 1.29 is 14.6 Å². The molecule has 0 radical (unpaired) electrons. The summed E-state index contributed by atoms with van der Waals surface area (Å²) in [5, 5.41) is 19.0. The maximum Gasteiger partial charge on any atom is 0.191 e.